The maximum atomic E-state index is 11.1. The van der Waals surface area contributed by atoms with E-state index >= 15 is 0 Å². The lowest BCUT2D eigenvalue weighted by Crippen LogP contribution is -2.22. The van der Waals surface area contributed by atoms with Crippen molar-refractivity contribution < 1.29 is 14.3 Å². The Labute approximate surface area is 116 Å². The van der Waals surface area contributed by atoms with Gasteiger partial charge in [-0.2, -0.15) is 4.79 Å². The van der Waals surface area contributed by atoms with Crippen molar-refractivity contribution in [2.24, 2.45) is 0 Å². The maximum Gasteiger partial charge on any atom is 0.312 e. The molecule has 0 radical (unpaired) electrons. The molecule has 0 amide bonds. The monoisotopic (exact) mass is 278 g/mol. The van der Waals surface area contributed by atoms with Crippen molar-refractivity contribution in [1.29, 1.82) is 0 Å². The number of methoxy groups -OCH3 is 1. The fraction of sp³-hybridized carbons (Fsp3) is 0.429. The molecule has 1 aromatic rings. The van der Waals surface area contributed by atoms with E-state index in [1.807, 2.05) is 37.3 Å². The molecule has 1 rings (SSSR count). The summed E-state index contributed by atoms with van der Waals surface area (Å²) < 4.78 is 4.63. The second-order valence-electron chi connectivity index (χ2n) is 5.27. The molecule has 0 spiro atoms. The van der Waals surface area contributed by atoms with Crippen LogP contribution in [-0.2, 0) is 9.53 Å². The first-order chi connectivity index (χ1) is 8.81. The van der Waals surface area contributed by atoms with Crippen molar-refractivity contribution in [3.05, 3.63) is 41.4 Å². The van der Waals surface area contributed by atoms with Gasteiger partial charge in [0.1, 0.15) is 0 Å². The largest absolute Gasteiger partial charge is 0.469 e. The molecule has 0 saturated heterocycles. The normalized spacial score (nSPS) is 11.4. The van der Waals surface area contributed by atoms with E-state index in [2.05, 4.69) is 29.2 Å². The fourth-order valence-electron chi connectivity index (χ4n) is 1.23. The predicted molar refractivity (Wildman–Crippen MR) is 79.9 cm³/mol. The van der Waals surface area contributed by atoms with Crippen LogP contribution in [0.1, 0.15) is 18.4 Å². The van der Waals surface area contributed by atoms with Gasteiger partial charge in [0, 0.05) is 0 Å². The zero-order valence-corrected chi connectivity index (χ0v) is 13.3. The van der Waals surface area contributed by atoms with E-state index < -0.39 is 8.07 Å². The second kappa shape index (κ2) is 8.40. The summed E-state index contributed by atoms with van der Waals surface area (Å²) in [6.07, 6.45) is 0. The van der Waals surface area contributed by atoms with Crippen LogP contribution < -0.4 is 0 Å². The molecule has 0 heterocycles. The van der Waals surface area contributed by atoms with Crippen LogP contribution in [0.25, 0.3) is 5.53 Å². The van der Waals surface area contributed by atoms with Crippen molar-refractivity contribution in [2.75, 3.05) is 7.11 Å². The van der Waals surface area contributed by atoms with Gasteiger partial charge in [-0.25, -0.2) is 0 Å². The summed E-state index contributed by atoms with van der Waals surface area (Å²) in [5.74, 6) is 1.27. The quantitative estimate of drug-likeness (QED) is 0.280. The van der Waals surface area contributed by atoms with Gasteiger partial charge in [0.15, 0.2) is 8.07 Å². The lowest BCUT2D eigenvalue weighted by molar-refractivity contribution is -0.141. The summed E-state index contributed by atoms with van der Waals surface area (Å²) in [6.45, 7) is 8.15. The van der Waals surface area contributed by atoms with Crippen LogP contribution in [-0.4, -0.2) is 31.8 Å². The molecule has 1 atom stereocenters. The van der Waals surface area contributed by atoms with E-state index in [1.54, 1.807) is 5.84 Å². The average molecular weight is 278 g/mol. The van der Waals surface area contributed by atoms with Gasteiger partial charge in [-0.05, 0) is 12.5 Å². The van der Waals surface area contributed by atoms with Crippen LogP contribution in [0.4, 0.5) is 0 Å². The van der Waals surface area contributed by atoms with Crippen LogP contribution in [0.15, 0.2) is 30.3 Å². The Bertz CT molecular complexity index is 435. The van der Waals surface area contributed by atoms with Gasteiger partial charge in [0.25, 0.3) is 0 Å². The molecule has 0 aromatic heterocycles. The van der Waals surface area contributed by atoms with Gasteiger partial charge < -0.3 is 10.3 Å². The van der Waals surface area contributed by atoms with E-state index in [9.17, 15) is 4.79 Å². The third-order valence-corrected chi connectivity index (χ3v) is 3.19. The fourth-order valence-corrected chi connectivity index (χ4v) is 1.57. The Morgan fingerprint density at radius 3 is 2.16 bits per heavy atom. The van der Waals surface area contributed by atoms with Gasteiger partial charge in [-0.1, -0.05) is 50.0 Å². The van der Waals surface area contributed by atoms with Gasteiger partial charge in [-0.15, -0.1) is 0 Å². The molecular weight excluding hydrogens is 256 g/mol. The first-order valence-corrected chi connectivity index (χ1v) is 9.71. The lowest BCUT2D eigenvalue weighted by Gasteiger charge is -2.08. The minimum Gasteiger partial charge on any atom is -0.469 e. The minimum absolute atomic E-state index is 0.170. The lowest BCUT2D eigenvalue weighted by atomic mass is 10.0. The highest BCUT2D eigenvalue weighted by Crippen LogP contribution is 2.15. The number of rotatable bonds is 3. The highest BCUT2D eigenvalue weighted by atomic mass is 28.3. The third kappa shape index (κ3) is 8.08. The highest BCUT2D eigenvalue weighted by Gasteiger charge is 2.14. The number of hydrogen-bond donors (Lipinski definition) is 0. The van der Waals surface area contributed by atoms with E-state index in [0.717, 1.165) is 5.56 Å². The van der Waals surface area contributed by atoms with Crippen molar-refractivity contribution in [3.63, 3.8) is 0 Å². The SMILES string of the molecule is COC(=O)C(C)c1ccccc1.C[Si](C)(C)C=[N+]=[N-]. The summed E-state index contributed by atoms with van der Waals surface area (Å²) >= 11 is 0. The molecule has 19 heavy (non-hydrogen) atoms. The van der Waals surface area contributed by atoms with Crippen LogP contribution in [0.5, 0.6) is 0 Å². The van der Waals surface area contributed by atoms with E-state index in [1.165, 1.54) is 7.11 Å². The molecule has 0 fully saturated rings. The Balaban J connectivity index is 0.000000399. The standard InChI is InChI=1S/C10H12O2.C4H10N2Si/c1-8(10(11)12-2)9-6-4-3-5-7-9;1-7(2,3)4-6-5/h3-8H,1-2H3;4H,1-3H3. The first kappa shape index (κ1) is 17.3. The molecule has 104 valence electrons. The Hall–Kier alpha value is -1.71. The van der Waals surface area contributed by atoms with Crippen molar-refractivity contribution in [3.8, 4) is 0 Å². The predicted octanol–water partition coefficient (Wildman–Crippen LogP) is 3.13. The Morgan fingerprint density at radius 1 is 1.32 bits per heavy atom. The number of hydrogen-bond acceptors (Lipinski definition) is 2. The molecular formula is C14H22N2O2Si. The number of carbonyl (C=O) groups excluding carboxylic acids is 1. The Morgan fingerprint density at radius 2 is 1.84 bits per heavy atom. The molecule has 0 aliphatic rings. The number of esters is 1. The van der Waals surface area contributed by atoms with Crippen molar-refractivity contribution in [1.82, 2.24) is 0 Å². The highest BCUT2D eigenvalue weighted by molar-refractivity contribution is 6.98. The molecule has 0 saturated carbocycles. The maximum absolute atomic E-state index is 11.1. The molecule has 0 aliphatic carbocycles. The number of carbonyl (C=O) groups is 1. The van der Waals surface area contributed by atoms with E-state index in [4.69, 9.17) is 5.53 Å². The minimum atomic E-state index is -1.20. The van der Waals surface area contributed by atoms with Crippen LogP contribution >= 0.6 is 0 Å². The first-order valence-electron chi connectivity index (χ1n) is 6.13. The number of ether oxygens (including phenoxy) is 1. The van der Waals surface area contributed by atoms with Gasteiger partial charge in [0.05, 0.1) is 13.0 Å². The number of benzene rings is 1. The smallest absolute Gasteiger partial charge is 0.312 e. The molecule has 1 unspecified atom stereocenters. The average Bonchev–Trinajstić information content (AvgIpc) is 2.37. The molecule has 0 N–H and O–H groups in total. The van der Waals surface area contributed by atoms with Crippen LogP contribution in [0, 0.1) is 0 Å². The van der Waals surface area contributed by atoms with Crippen molar-refractivity contribution >= 4 is 19.9 Å². The van der Waals surface area contributed by atoms with Crippen LogP contribution in [0.3, 0.4) is 0 Å². The van der Waals surface area contributed by atoms with Gasteiger partial charge in [0.2, 0.25) is 5.84 Å². The molecule has 1 aromatic carbocycles. The van der Waals surface area contributed by atoms with Gasteiger partial charge >= 0.3 is 5.97 Å². The van der Waals surface area contributed by atoms with Gasteiger partial charge in [-0.3, -0.25) is 4.79 Å². The third-order valence-electron chi connectivity index (χ3n) is 2.30. The summed E-state index contributed by atoms with van der Waals surface area (Å²) in [4.78, 5) is 14.0. The summed E-state index contributed by atoms with van der Waals surface area (Å²) in [7, 11) is 0.206. The molecule has 5 heteroatoms. The zero-order chi connectivity index (χ0) is 14.9. The molecule has 0 aliphatic heterocycles. The zero-order valence-electron chi connectivity index (χ0n) is 12.3. The molecule has 4 nitrogen and oxygen atoms in total. The number of nitrogens with zero attached hydrogens (tertiary/aromatic N) is 2. The Kier molecular flexibility index (Phi) is 7.64. The summed E-state index contributed by atoms with van der Waals surface area (Å²) in [5.41, 5.74) is 9.00. The second-order valence-corrected chi connectivity index (χ2v) is 10.3. The molecule has 0 bridgehead atoms. The van der Waals surface area contributed by atoms with Crippen LogP contribution in [0.2, 0.25) is 19.6 Å². The van der Waals surface area contributed by atoms with E-state index in [-0.39, 0.29) is 11.9 Å². The van der Waals surface area contributed by atoms with E-state index in [0.29, 0.717) is 0 Å². The summed E-state index contributed by atoms with van der Waals surface area (Å²) in [6, 6.07) is 9.58. The topological polar surface area (TPSA) is 62.7 Å². The van der Waals surface area contributed by atoms with Crippen molar-refractivity contribution in [2.45, 2.75) is 32.5 Å². The summed E-state index contributed by atoms with van der Waals surface area (Å²) in [5, 5.41) is 0.